The predicted octanol–water partition coefficient (Wildman–Crippen LogP) is 1.62. The van der Waals surface area contributed by atoms with Gasteiger partial charge in [0, 0.05) is 23.9 Å². The molecule has 0 aromatic rings. The Kier molecular flexibility index (Phi) is 4.55. The van der Waals surface area contributed by atoms with E-state index in [9.17, 15) is 19.7 Å². The second-order valence-electron chi connectivity index (χ2n) is 7.17. The van der Waals surface area contributed by atoms with Crippen LogP contribution in [0.25, 0.3) is 0 Å². The van der Waals surface area contributed by atoms with Gasteiger partial charge in [0.25, 0.3) is 5.91 Å². The number of piperidine rings is 1. The minimum atomic E-state index is -0.823. The molecule has 3 aliphatic rings. The number of nitro groups is 1. The molecule has 0 unspecified atom stereocenters. The standard InChI is InChI=1S/C16H24N2O5/c1-10-6-7-17(13-5-3-2-4-11(10)13)15(19)9-23-16(20)12-8-14(12)18(21)22/h10-14H,2-9H2,1H3/t10-,11-,12-,13-,14+/m1/s1. The van der Waals surface area contributed by atoms with Crippen molar-refractivity contribution in [3.05, 3.63) is 10.1 Å². The van der Waals surface area contributed by atoms with E-state index in [0.717, 1.165) is 25.8 Å². The highest BCUT2D eigenvalue weighted by Crippen LogP contribution is 2.39. The third kappa shape index (κ3) is 3.33. The summed E-state index contributed by atoms with van der Waals surface area (Å²) in [7, 11) is 0. The zero-order valence-electron chi connectivity index (χ0n) is 13.5. The summed E-state index contributed by atoms with van der Waals surface area (Å²) in [5.74, 6) is -0.230. The summed E-state index contributed by atoms with van der Waals surface area (Å²) in [5, 5.41) is 10.6. The highest BCUT2D eigenvalue weighted by molar-refractivity contribution is 5.83. The molecule has 128 valence electrons. The van der Waals surface area contributed by atoms with E-state index in [2.05, 4.69) is 6.92 Å². The predicted molar refractivity (Wildman–Crippen MR) is 81.1 cm³/mol. The molecule has 7 heteroatoms. The van der Waals surface area contributed by atoms with Gasteiger partial charge in [-0.05, 0) is 31.1 Å². The van der Waals surface area contributed by atoms with Crippen molar-refractivity contribution in [2.45, 2.75) is 57.5 Å². The van der Waals surface area contributed by atoms with Gasteiger partial charge >= 0.3 is 5.97 Å². The van der Waals surface area contributed by atoms with E-state index in [-0.39, 0.29) is 25.0 Å². The molecule has 0 aromatic carbocycles. The number of esters is 1. The number of hydrogen-bond donors (Lipinski definition) is 0. The van der Waals surface area contributed by atoms with Crippen molar-refractivity contribution in [3.63, 3.8) is 0 Å². The van der Waals surface area contributed by atoms with Crippen molar-refractivity contribution >= 4 is 11.9 Å². The van der Waals surface area contributed by atoms with E-state index in [0.29, 0.717) is 11.8 Å². The summed E-state index contributed by atoms with van der Waals surface area (Å²) in [5.41, 5.74) is 0. The molecule has 0 spiro atoms. The van der Waals surface area contributed by atoms with Crippen LogP contribution in [0.1, 0.15) is 45.4 Å². The van der Waals surface area contributed by atoms with Gasteiger partial charge < -0.3 is 9.64 Å². The number of hydrogen-bond acceptors (Lipinski definition) is 5. The molecule has 0 aromatic heterocycles. The lowest BCUT2D eigenvalue weighted by Gasteiger charge is -2.47. The quantitative estimate of drug-likeness (QED) is 0.445. The van der Waals surface area contributed by atoms with Crippen LogP contribution >= 0.6 is 0 Å². The second-order valence-corrected chi connectivity index (χ2v) is 7.17. The summed E-state index contributed by atoms with van der Waals surface area (Å²) >= 11 is 0. The smallest absolute Gasteiger partial charge is 0.316 e. The molecule has 1 heterocycles. The fourth-order valence-electron chi connectivity index (χ4n) is 4.21. The van der Waals surface area contributed by atoms with Crippen LogP contribution in [0.2, 0.25) is 0 Å². The molecule has 2 aliphatic carbocycles. The molecule has 0 radical (unpaired) electrons. The van der Waals surface area contributed by atoms with Crippen molar-refractivity contribution in [3.8, 4) is 0 Å². The van der Waals surface area contributed by atoms with Crippen LogP contribution in [-0.2, 0) is 14.3 Å². The van der Waals surface area contributed by atoms with Crippen molar-refractivity contribution in [2.75, 3.05) is 13.2 Å². The Morgan fingerprint density at radius 2 is 2.00 bits per heavy atom. The van der Waals surface area contributed by atoms with E-state index < -0.39 is 22.9 Å². The molecular weight excluding hydrogens is 300 g/mol. The Hall–Kier alpha value is -1.66. The molecule has 1 aliphatic heterocycles. The highest BCUT2D eigenvalue weighted by atomic mass is 16.6. The number of likely N-dealkylation sites (tertiary alicyclic amines) is 1. The van der Waals surface area contributed by atoms with Gasteiger partial charge in [-0.2, -0.15) is 0 Å². The molecule has 5 atom stereocenters. The molecule has 0 N–H and O–H groups in total. The zero-order chi connectivity index (χ0) is 16.6. The Labute approximate surface area is 135 Å². The molecule has 1 amide bonds. The number of fused-ring (bicyclic) bond motifs is 1. The molecule has 0 bridgehead atoms. The third-order valence-electron chi connectivity index (χ3n) is 5.73. The first kappa shape index (κ1) is 16.2. The topological polar surface area (TPSA) is 89.8 Å². The van der Waals surface area contributed by atoms with Crippen molar-refractivity contribution in [2.24, 2.45) is 17.8 Å². The fourth-order valence-corrected chi connectivity index (χ4v) is 4.21. The number of carbonyl (C=O) groups excluding carboxylic acids is 2. The number of carbonyl (C=O) groups is 2. The van der Waals surface area contributed by atoms with Crippen LogP contribution in [-0.4, -0.2) is 46.9 Å². The van der Waals surface area contributed by atoms with Gasteiger partial charge in [0.1, 0.15) is 5.92 Å². The first-order valence-electron chi connectivity index (χ1n) is 8.58. The van der Waals surface area contributed by atoms with Gasteiger partial charge in [-0.3, -0.25) is 19.7 Å². The van der Waals surface area contributed by atoms with Gasteiger partial charge in [-0.1, -0.05) is 19.8 Å². The molecular formula is C16H24N2O5. The van der Waals surface area contributed by atoms with Gasteiger partial charge in [0.15, 0.2) is 6.61 Å². The number of rotatable bonds is 4. The van der Waals surface area contributed by atoms with Crippen LogP contribution in [0.15, 0.2) is 0 Å². The largest absolute Gasteiger partial charge is 0.455 e. The summed E-state index contributed by atoms with van der Waals surface area (Å²) in [6.07, 6.45) is 5.79. The highest BCUT2D eigenvalue weighted by Gasteiger charge is 2.54. The lowest BCUT2D eigenvalue weighted by molar-refractivity contribution is -0.497. The molecule has 23 heavy (non-hydrogen) atoms. The Morgan fingerprint density at radius 3 is 2.70 bits per heavy atom. The molecule has 7 nitrogen and oxygen atoms in total. The maximum atomic E-state index is 12.4. The summed E-state index contributed by atoms with van der Waals surface area (Å²) in [6, 6.07) is -0.553. The number of amides is 1. The summed E-state index contributed by atoms with van der Waals surface area (Å²) in [4.78, 5) is 36.2. The lowest BCUT2D eigenvalue weighted by Crippen LogP contribution is -2.53. The van der Waals surface area contributed by atoms with Crippen LogP contribution in [0.4, 0.5) is 0 Å². The van der Waals surface area contributed by atoms with Crippen molar-refractivity contribution < 1.29 is 19.2 Å². The molecule has 3 fully saturated rings. The van der Waals surface area contributed by atoms with Crippen LogP contribution in [0.5, 0.6) is 0 Å². The maximum Gasteiger partial charge on any atom is 0.316 e. The molecule has 2 saturated carbocycles. The lowest BCUT2D eigenvalue weighted by atomic mass is 9.72. The normalized spacial score (nSPS) is 36.0. The summed E-state index contributed by atoms with van der Waals surface area (Å²) in [6.45, 7) is 2.70. The Morgan fingerprint density at radius 1 is 1.26 bits per heavy atom. The third-order valence-corrected chi connectivity index (χ3v) is 5.73. The SMILES string of the molecule is C[C@@H]1CCN(C(=O)COC(=O)[C@@H]2C[C@@H]2[N+](=O)[O-])[C@@H]2CCCC[C@H]12. The second kappa shape index (κ2) is 6.45. The maximum absolute atomic E-state index is 12.4. The zero-order valence-corrected chi connectivity index (χ0v) is 13.5. The first-order chi connectivity index (χ1) is 11.0. The van der Waals surface area contributed by atoms with Crippen LogP contribution in [0.3, 0.4) is 0 Å². The molecule has 1 saturated heterocycles. The van der Waals surface area contributed by atoms with E-state index >= 15 is 0 Å². The number of ether oxygens (including phenoxy) is 1. The van der Waals surface area contributed by atoms with E-state index in [4.69, 9.17) is 4.74 Å². The first-order valence-corrected chi connectivity index (χ1v) is 8.58. The monoisotopic (exact) mass is 324 g/mol. The van der Waals surface area contributed by atoms with E-state index in [1.54, 1.807) is 0 Å². The average Bonchev–Trinajstić information content (AvgIpc) is 3.34. The van der Waals surface area contributed by atoms with Gasteiger partial charge in [0.2, 0.25) is 6.04 Å². The van der Waals surface area contributed by atoms with Crippen LogP contribution in [0, 0.1) is 27.9 Å². The van der Waals surface area contributed by atoms with Gasteiger partial charge in [0.05, 0.1) is 0 Å². The van der Waals surface area contributed by atoms with Crippen molar-refractivity contribution in [1.82, 2.24) is 4.90 Å². The summed E-state index contributed by atoms with van der Waals surface area (Å²) < 4.78 is 5.03. The van der Waals surface area contributed by atoms with Gasteiger partial charge in [-0.15, -0.1) is 0 Å². The van der Waals surface area contributed by atoms with E-state index in [1.165, 1.54) is 12.8 Å². The Balaban J connectivity index is 1.52. The average molecular weight is 324 g/mol. The minimum absolute atomic E-state index is 0.152. The van der Waals surface area contributed by atoms with Crippen molar-refractivity contribution in [1.29, 1.82) is 0 Å². The van der Waals surface area contributed by atoms with E-state index in [1.807, 2.05) is 4.90 Å². The number of nitrogens with zero attached hydrogens (tertiary/aromatic N) is 2. The molecule has 3 rings (SSSR count). The fraction of sp³-hybridized carbons (Fsp3) is 0.875. The van der Waals surface area contributed by atoms with Gasteiger partial charge in [-0.25, -0.2) is 0 Å². The minimum Gasteiger partial charge on any atom is -0.455 e. The Bertz CT molecular complexity index is 509. The van der Waals surface area contributed by atoms with Crippen LogP contribution < -0.4 is 0 Å².